The van der Waals surface area contributed by atoms with Crippen molar-refractivity contribution in [2.24, 2.45) is 0 Å². The van der Waals surface area contributed by atoms with Crippen molar-refractivity contribution in [3.8, 4) is 0 Å². The van der Waals surface area contributed by atoms with Crippen molar-refractivity contribution in [2.45, 2.75) is 12.8 Å². The summed E-state index contributed by atoms with van der Waals surface area (Å²) >= 11 is 0. The van der Waals surface area contributed by atoms with Gasteiger partial charge in [-0.15, -0.1) is 0 Å². The van der Waals surface area contributed by atoms with Crippen LogP contribution in [0.25, 0.3) is 5.73 Å². The summed E-state index contributed by atoms with van der Waals surface area (Å²) in [4.78, 5) is 0. The molecule has 0 aliphatic carbocycles. The van der Waals surface area contributed by atoms with E-state index >= 15 is 0 Å². The van der Waals surface area contributed by atoms with Crippen LogP contribution in [-0.4, -0.2) is 12.5 Å². The van der Waals surface area contributed by atoms with Gasteiger partial charge in [0.2, 0.25) is 5.92 Å². The summed E-state index contributed by atoms with van der Waals surface area (Å²) < 4.78 is 22.5. The normalized spacial score (nSPS) is 12.0. The second kappa shape index (κ2) is 1.51. The van der Waals surface area contributed by atoms with Crippen molar-refractivity contribution in [3.63, 3.8) is 0 Å². The SMILES string of the molecule is CC(F)(F)C[NH-]. The van der Waals surface area contributed by atoms with Crippen molar-refractivity contribution in [1.82, 2.24) is 0 Å². The summed E-state index contributed by atoms with van der Waals surface area (Å²) in [5.74, 6) is -2.79. The zero-order valence-corrected chi connectivity index (χ0v) is 3.46. The standard InChI is InChI=1S/C3H6F2N/c1-3(4,5)2-6/h6H,2H2,1H3/q-1. The predicted molar refractivity (Wildman–Crippen MR) is 19.8 cm³/mol. The fourth-order valence-corrected chi connectivity index (χ4v) is 0. The van der Waals surface area contributed by atoms with Gasteiger partial charge in [-0.2, -0.15) is 0 Å². The maximum Gasteiger partial charge on any atom is 0.226 e. The molecule has 0 amide bonds. The molecule has 0 saturated heterocycles. The summed E-state index contributed by atoms with van der Waals surface area (Å²) in [7, 11) is 0. The highest BCUT2D eigenvalue weighted by molar-refractivity contribution is 4.65. The van der Waals surface area contributed by atoms with Gasteiger partial charge in [0.05, 0.1) is 0 Å². The van der Waals surface area contributed by atoms with Gasteiger partial charge in [0, 0.05) is 0 Å². The molecule has 0 aromatic carbocycles. The zero-order chi connectivity index (χ0) is 5.21. The molecule has 0 unspecified atom stereocenters. The van der Waals surface area contributed by atoms with Crippen LogP contribution in [0.3, 0.4) is 0 Å². The van der Waals surface area contributed by atoms with E-state index < -0.39 is 12.5 Å². The third-order valence-electron chi connectivity index (χ3n) is 0.310. The number of hydrogen-bond acceptors (Lipinski definition) is 0. The van der Waals surface area contributed by atoms with Gasteiger partial charge in [0.15, 0.2) is 0 Å². The monoisotopic (exact) mass is 94.0 g/mol. The number of alkyl halides is 2. The van der Waals surface area contributed by atoms with Crippen molar-refractivity contribution < 1.29 is 8.78 Å². The Hall–Kier alpha value is -0.180. The van der Waals surface area contributed by atoms with E-state index in [9.17, 15) is 8.78 Å². The Morgan fingerprint density at radius 3 is 1.83 bits per heavy atom. The first-order valence-electron chi connectivity index (χ1n) is 1.59. The molecule has 0 aromatic heterocycles. The van der Waals surface area contributed by atoms with Crippen molar-refractivity contribution >= 4 is 0 Å². The molecule has 1 nitrogen and oxygen atoms in total. The highest BCUT2D eigenvalue weighted by Crippen LogP contribution is 2.09. The van der Waals surface area contributed by atoms with Gasteiger partial charge in [0.1, 0.15) is 0 Å². The van der Waals surface area contributed by atoms with Crippen LogP contribution in [0.4, 0.5) is 8.78 Å². The summed E-state index contributed by atoms with van der Waals surface area (Å²) in [6, 6.07) is 0. The third kappa shape index (κ3) is 3.82. The molecule has 6 heavy (non-hydrogen) atoms. The molecule has 0 bridgehead atoms. The Morgan fingerprint density at radius 1 is 1.67 bits per heavy atom. The Morgan fingerprint density at radius 2 is 1.83 bits per heavy atom. The van der Waals surface area contributed by atoms with Crippen molar-refractivity contribution in [1.29, 1.82) is 0 Å². The number of rotatable bonds is 1. The number of nitrogens with one attached hydrogen (secondary N) is 1. The average molecular weight is 94.1 g/mol. The van der Waals surface area contributed by atoms with E-state index in [1.165, 1.54) is 0 Å². The van der Waals surface area contributed by atoms with E-state index in [-0.39, 0.29) is 0 Å². The predicted octanol–water partition coefficient (Wildman–Crippen LogP) is 1.69. The first kappa shape index (κ1) is 5.82. The Kier molecular flexibility index (Phi) is 1.47. The molecule has 0 saturated carbocycles. The van der Waals surface area contributed by atoms with Crippen LogP contribution >= 0.6 is 0 Å². The zero-order valence-electron chi connectivity index (χ0n) is 3.46. The highest BCUT2D eigenvalue weighted by atomic mass is 19.3. The molecular formula is C3H6F2N-. The molecule has 0 rings (SSSR count). The Balaban J connectivity index is 3.17. The van der Waals surface area contributed by atoms with E-state index in [0.717, 1.165) is 6.92 Å². The van der Waals surface area contributed by atoms with Gasteiger partial charge in [-0.25, -0.2) is 8.78 Å². The fourth-order valence-electron chi connectivity index (χ4n) is 0. The van der Waals surface area contributed by atoms with Crippen LogP contribution in [0.15, 0.2) is 0 Å². The van der Waals surface area contributed by atoms with Gasteiger partial charge >= 0.3 is 0 Å². The van der Waals surface area contributed by atoms with Crippen LogP contribution in [0, 0.1) is 0 Å². The molecule has 0 aliphatic heterocycles. The van der Waals surface area contributed by atoms with Gasteiger partial charge in [-0.1, -0.05) is 6.54 Å². The minimum Gasteiger partial charge on any atom is -0.673 e. The van der Waals surface area contributed by atoms with E-state index in [0.29, 0.717) is 0 Å². The minimum atomic E-state index is -2.79. The van der Waals surface area contributed by atoms with Gasteiger partial charge < -0.3 is 5.73 Å². The summed E-state index contributed by atoms with van der Waals surface area (Å²) in [6.07, 6.45) is 0. The van der Waals surface area contributed by atoms with Crippen LogP contribution in [0.2, 0.25) is 0 Å². The van der Waals surface area contributed by atoms with Crippen LogP contribution in [0.5, 0.6) is 0 Å². The maximum atomic E-state index is 11.3. The molecular weight excluding hydrogens is 88.0 g/mol. The molecule has 3 heteroatoms. The lowest BCUT2D eigenvalue weighted by molar-refractivity contribution is 0.0408. The van der Waals surface area contributed by atoms with E-state index in [1.807, 2.05) is 0 Å². The Labute approximate surface area is 35.1 Å². The summed E-state index contributed by atoms with van der Waals surface area (Å²) in [6.45, 7) is -0.0903. The lowest BCUT2D eigenvalue weighted by Gasteiger charge is -2.09. The molecule has 0 atom stereocenters. The molecule has 0 radical (unpaired) electrons. The van der Waals surface area contributed by atoms with Crippen molar-refractivity contribution in [3.05, 3.63) is 5.73 Å². The third-order valence-corrected chi connectivity index (χ3v) is 0.310. The first-order chi connectivity index (χ1) is 2.56. The van der Waals surface area contributed by atoms with Crippen LogP contribution in [-0.2, 0) is 0 Å². The van der Waals surface area contributed by atoms with Gasteiger partial charge in [-0.05, 0) is 6.92 Å². The molecule has 0 aliphatic rings. The van der Waals surface area contributed by atoms with E-state index in [1.54, 1.807) is 0 Å². The lowest BCUT2D eigenvalue weighted by atomic mass is 10.4. The van der Waals surface area contributed by atoms with E-state index in [4.69, 9.17) is 5.73 Å². The number of hydrogen-bond donors (Lipinski definition) is 0. The number of halogens is 2. The average Bonchev–Trinajstić information content (AvgIpc) is 1.35. The highest BCUT2D eigenvalue weighted by Gasteiger charge is 2.11. The molecule has 0 spiro atoms. The van der Waals surface area contributed by atoms with Gasteiger partial charge in [0.25, 0.3) is 0 Å². The second-order valence-corrected chi connectivity index (χ2v) is 1.25. The van der Waals surface area contributed by atoms with Crippen LogP contribution in [0.1, 0.15) is 6.92 Å². The first-order valence-corrected chi connectivity index (χ1v) is 1.59. The molecule has 0 fully saturated rings. The van der Waals surface area contributed by atoms with Crippen LogP contribution < -0.4 is 0 Å². The largest absolute Gasteiger partial charge is 0.673 e. The maximum absolute atomic E-state index is 11.3. The lowest BCUT2D eigenvalue weighted by Crippen LogP contribution is -2.11. The quantitative estimate of drug-likeness (QED) is 0.472. The van der Waals surface area contributed by atoms with E-state index in [2.05, 4.69) is 0 Å². The smallest absolute Gasteiger partial charge is 0.226 e. The summed E-state index contributed by atoms with van der Waals surface area (Å²) in [5, 5.41) is 0. The van der Waals surface area contributed by atoms with Crippen molar-refractivity contribution in [2.75, 3.05) is 6.54 Å². The minimum absolute atomic E-state index is 0.722. The summed E-state index contributed by atoms with van der Waals surface area (Å²) in [5.41, 5.74) is 6.10. The second-order valence-electron chi connectivity index (χ2n) is 1.25. The fraction of sp³-hybridized carbons (Fsp3) is 1.00. The molecule has 38 valence electrons. The molecule has 1 N–H and O–H groups in total. The topological polar surface area (TPSA) is 23.8 Å². The Bertz CT molecular complexity index is 38.5. The van der Waals surface area contributed by atoms with Gasteiger partial charge in [-0.3, -0.25) is 0 Å². The molecule has 0 heterocycles. The molecule has 0 aromatic rings.